The lowest BCUT2D eigenvalue weighted by molar-refractivity contribution is 0.412. The average Bonchev–Trinajstić information content (AvgIpc) is 3.35. The molecule has 4 aromatic heterocycles. The molecule has 1 N–H and O–H groups in total. The van der Waals surface area contributed by atoms with Crippen LogP contribution in [0.3, 0.4) is 0 Å². The van der Waals surface area contributed by atoms with Crippen molar-refractivity contribution in [3.05, 3.63) is 55.3 Å². The summed E-state index contributed by atoms with van der Waals surface area (Å²) in [6.07, 6.45) is 10.4. The second-order valence-electron chi connectivity index (χ2n) is 5.04. The van der Waals surface area contributed by atoms with Gasteiger partial charge in [-0.2, -0.15) is 10.1 Å². The number of rotatable bonds is 4. The predicted molar refractivity (Wildman–Crippen MR) is 81.2 cm³/mol. The summed E-state index contributed by atoms with van der Waals surface area (Å²) in [4.78, 5) is 12.6. The molecule has 4 aromatic rings. The Morgan fingerprint density at radius 1 is 1.22 bits per heavy atom. The molecule has 0 amide bonds. The molecule has 0 aromatic carbocycles. The van der Waals surface area contributed by atoms with Crippen LogP contribution < -0.4 is 0 Å². The SMILES string of the molecule is CC(c1noc(-c2cn[nH]c2-c2cccnc2)n1)n1ccnc1. The summed E-state index contributed by atoms with van der Waals surface area (Å²) < 4.78 is 7.32. The monoisotopic (exact) mass is 307 g/mol. The molecule has 114 valence electrons. The van der Waals surface area contributed by atoms with Crippen LogP contribution in [0.2, 0.25) is 0 Å². The van der Waals surface area contributed by atoms with E-state index in [4.69, 9.17) is 4.52 Å². The van der Waals surface area contributed by atoms with Crippen LogP contribution in [0.5, 0.6) is 0 Å². The number of nitrogens with zero attached hydrogens (tertiary/aromatic N) is 6. The highest BCUT2D eigenvalue weighted by Gasteiger charge is 2.19. The molecule has 4 heterocycles. The number of hydrogen-bond acceptors (Lipinski definition) is 6. The zero-order valence-electron chi connectivity index (χ0n) is 12.3. The zero-order chi connectivity index (χ0) is 15.6. The molecule has 1 atom stereocenters. The van der Waals surface area contributed by atoms with Crippen molar-refractivity contribution in [1.82, 2.24) is 34.9 Å². The molecule has 1 unspecified atom stereocenters. The number of hydrogen-bond donors (Lipinski definition) is 1. The maximum atomic E-state index is 5.42. The van der Waals surface area contributed by atoms with Gasteiger partial charge in [-0.3, -0.25) is 10.1 Å². The Kier molecular flexibility index (Phi) is 3.19. The molecule has 0 aliphatic carbocycles. The van der Waals surface area contributed by atoms with Gasteiger partial charge in [-0.1, -0.05) is 5.16 Å². The molecule has 0 radical (unpaired) electrons. The van der Waals surface area contributed by atoms with Crippen molar-refractivity contribution in [2.24, 2.45) is 0 Å². The average molecular weight is 307 g/mol. The smallest absolute Gasteiger partial charge is 0.261 e. The Balaban J connectivity index is 1.70. The first-order chi connectivity index (χ1) is 11.3. The van der Waals surface area contributed by atoms with Gasteiger partial charge in [-0.15, -0.1) is 0 Å². The van der Waals surface area contributed by atoms with E-state index in [0.29, 0.717) is 11.7 Å². The van der Waals surface area contributed by atoms with E-state index in [9.17, 15) is 0 Å². The highest BCUT2D eigenvalue weighted by molar-refractivity contribution is 5.75. The van der Waals surface area contributed by atoms with E-state index in [-0.39, 0.29) is 6.04 Å². The van der Waals surface area contributed by atoms with Crippen molar-refractivity contribution >= 4 is 0 Å². The Morgan fingerprint density at radius 2 is 2.17 bits per heavy atom. The summed E-state index contributed by atoms with van der Waals surface area (Å²) in [5.74, 6) is 0.996. The Morgan fingerprint density at radius 3 is 2.96 bits per heavy atom. The largest absolute Gasteiger partial charge is 0.334 e. The number of pyridine rings is 1. The molecule has 0 spiro atoms. The summed E-state index contributed by atoms with van der Waals surface area (Å²) in [6.45, 7) is 1.98. The van der Waals surface area contributed by atoms with Gasteiger partial charge in [0.05, 0.1) is 29.8 Å². The van der Waals surface area contributed by atoms with Gasteiger partial charge < -0.3 is 9.09 Å². The summed E-state index contributed by atoms with van der Waals surface area (Å²) in [5.41, 5.74) is 2.44. The van der Waals surface area contributed by atoms with E-state index < -0.39 is 0 Å². The standard InChI is InChI=1S/C15H13N7O/c1-10(22-6-5-17-9-22)14-19-15(23-21-14)12-8-18-20-13(12)11-3-2-4-16-7-11/h2-10H,1H3,(H,18,20). The van der Waals surface area contributed by atoms with Crippen LogP contribution in [0.4, 0.5) is 0 Å². The number of aromatic nitrogens is 7. The van der Waals surface area contributed by atoms with Crippen molar-refractivity contribution in [1.29, 1.82) is 0 Å². The second-order valence-corrected chi connectivity index (χ2v) is 5.04. The fraction of sp³-hybridized carbons (Fsp3) is 0.133. The van der Waals surface area contributed by atoms with Gasteiger partial charge in [0.25, 0.3) is 5.89 Å². The summed E-state index contributed by atoms with van der Waals surface area (Å²) >= 11 is 0. The number of H-pyrrole nitrogens is 1. The van der Waals surface area contributed by atoms with Gasteiger partial charge in [-0.05, 0) is 19.1 Å². The van der Waals surface area contributed by atoms with Crippen molar-refractivity contribution in [3.63, 3.8) is 0 Å². The molecule has 0 saturated heterocycles. The topological polar surface area (TPSA) is 98.3 Å². The predicted octanol–water partition coefficient (Wildman–Crippen LogP) is 2.33. The summed E-state index contributed by atoms with van der Waals surface area (Å²) in [5, 5.41) is 11.1. The molecular weight excluding hydrogens is 294 g/mol. The third kappa shape index (κ3) is 2.39. The normalized spacial score (nSPS) is 12.4. The fourth-order valence-corrected chi connectivity index (χ4v) is 2.32. The lowest BCUT2D eigenvalue weighted by atomic mass is 10.1. The minimum Gasteiger partial charge on any atom is -0.334 e. The Hall–Kier alpha value is -3.29. The number of aromatic amines is 1. The molecular formula is C15H13N7O. The molecule has 0 saturated carbocycles. The maximum absolute atomic E-state index is 5.42. The van der Waals surface area contributed by atoms with Crippen LogP contribution in [0.1, 0.15) is 18.8 Å². The minimum absolute atomic E-state index is 0.0660. The van der Waals surface area contributed by atoms with Gasteiger partial charge in [0.2, 0.25) is 0 Å². The van der Waals surface area contributed by atoms with Gasteiger partial charge in [0.15, 0.2) is 5.82 Å². The molecule has 8 heteroatoms. The molecule has 0 aliphatic rings. The number of nitrogens with one attached hydrogen (secondary N) is 1. The van der Waals surface area contributed by atoms with E-state index in [2.05, 4.69) is 30.3 Å². The fourth-order valence-electron chi connectivity index (χ4n) is 2.32. The molecule has 4 rings (SSSR count). The first kappa shape index (κ1) is 13.4. The van der Waals surface area contributed by atoms with E-state index >= 15 is 0 Å². The lowest BCUT2D eigenvalue weighted by Gasteiger charge is -2.06. The first-order valence-corrected chi connectivity index (χ1v) is 7.08. The Bertz CT molecular complexity index is 895. The molecule has 0 fully saturated rings. The van der Waals surface area contributed by atoms with E-state index in [0.717, 1.165) is 16.8 Å². The third-order valence-electron chi connectivity index (χ3n) is 3.61. The van der Waals surface area contributed by atoms with Crippen LogP contribution in [0.15, 0.2) is 54.0 Å². The van der Waals surface area contributed by atoms with Gasteiger partial charge in [0, 0.05) is 30.4 Å². The van der Waals surface area contributed by atoms with Gasteiger partial charge in [-0.25, -0.2) is 4.98 Å². The summed E-state index contributed by atoms with van der Waals surface area (Å²) in [7, 11) is 0. The van der Waals surface area contributed by atoms with Crippen LogP contribution in [-0.4, -0.2) is 34.9 Å². The third-order valence-corrected chi connectivity index (χ3v) is 3.61. The highest BCUT2D eigenvalue weighted by Crippen LogP contribution is 2.29. The van der Waals surface area contributed by atoms with E-state index in [1.165, 1.54) is 0 Å². The molecule has 0 aliphatic heterocycles. The molecule has 0 bridgehead atoms. The Labute approximate surface area is 131 Å². The second kappa shape index (κ2) is 5.48. The minimum atomic E-state index is -0.0660. The van der Waals surface area contributed by atoms with Crippen molar-refractivity contribution in [3.8, 4) is 22.7 Å². The molecule has 8 nitrogen and oxygen atoms in total. The lowest BCUT2D eigenvalue weighted by Crippen LogP contribution is -2.06. The van der Waals surface area contributed by atoms with Gasteiger partial charge in [0.1, 0.15) is 0 Å². The van der Waals surface area contributed by atoms with Crippen LogP contribution in [0.25, 0.3) is 22.7 Å². The maximum Gasteiger partial charge on any atom is 0.261 e. The van der Waals surface area contributed by atoms with Crippen LogP contribution in [-0.2, 0) is 0 Å². The zero-order valence-corrected chi connectivity index (χ0v) is 12.3. The summed E-state index contributed by atoms with van der Waals surface area (Å²) in [6, 6.07) is 3.74. The van der Waals surface area contributed by atoms with Crippen LogP contribution >= 0.6 is 0 Å². The first-order valence-electron chi connectivity index (χ1n) is 7.08. The molecule has 23 heavy (non-hydrogen) atoms. The van der Waals surface area contributed by atoms with Crippen LogP contribution in [0, 0.1) is 0 Å². The van der Waals surface area contributed by atoms with Crippen molar-refractivity contribution < 1.29 is 4.52 Å². The highest BCUT2D eigenvalue weighted by atomic mass is 16.5. The van der Waals surface area contributed by atoms with Crippen molar-refractivity contribution in [2.75, 3.05) is 0 Å². The number of imidazole rings is 1. The van der Waals surface area contributed by atoms with Gasteiger partial charge >= 0.3 is 0 Å². The quantitative estimate of drug-likeness (QED) is 0.621. The van der Waals surface area contributed by atoms with Crippen molar-refractivity contribution in [2.45, 2.75) is 13.0 Å². The van der Waals surface area contributed by atoms with E-state index in [1.54, 1.807) is 31.1 Å². The van der Waals surface area contributed by atoms with E-state index in [1.807, 2.05) is 29.8 Å².